The molecule has 0 radical (unpaired) electrons. The largest absolute Gasteiger partial charge is 0.479 e. The molecule has 18 heavy (non-hydrogen) atoms. The molecule has 5 nitrogen and oxygen atoms in total. The number of carboxylic acids is 1. The average Bonchev–Trinajstić information content (AvgIpc) is 2.90. The Bertz CT molecular complexity index is 413. The monoisotopic (exact) mass is 268 g/mol. The molecule has 1 atom stereocenters. The highest BCUT2D eigenvalue weighted by molar-refractivity contribution is 7.10. The fraction of sp³-hybridized carbons (Fsp3) is 0.500. The number of rotatable bonds is 3. The van der Waals surface area contributed by atoms with Crippen LogP contribution in [0.4, 0.5) is 4.79 Å². The van der Waals surface area contributed by atoms with Gasteiger partial charge in [0.15, 0.2) is 6.04 Å². The van der Waals surface area contributed by atoms with Crippen molar-refractivity contribution in [3.63, 3.8) is 0 Å². The highest BCUT2D eigenvalue weighted by Crippen LogP contribution is 2.20. The van der Waals surface area contributed by atoms with Gasteiger partial charge in [0, 0.05) is 18.0 Å². The van der Waals surface area contributed by atoms with E-state index in [9.17, 15) is 9.59 Å². The van der Waals surface area contributed by atoms with Gasteiger partial charge in [0.1, 0.15) is 0 Å². The molecule has 1 saturated heterocycles. The number of nitrogens with one attached hydrogen (secondary N) is 1. The molecule has 1 aliphatic rings. The minimum Gasteiger partial charge on any atom is -0.479 e. The van der Waals surface area contributed by atoms with Gasteiger partial charge in [-0.3, -0.25) is 0 Å². The van der Waals surface area contributed by atoms with E-state index in [1.807, 2.05) is 0 Å². The molecule has 1 aliphatic heterocycles. The lowest BCUT2D eigenvalue weighted by Crippen LogP contribution is -2.45. The molecule has 1 unspecified atom stereocenters. The molecule has 1 aromatic rings. The minimum absolute atomic E-state index is 0.282. The molecular formula is C12H16N2O3S. The molecule has 2 rings (SSSR count). The quantitative estimate of drug-likeness (QED) is 0.881. The molecular weight excluding hydrogens is 252 g/mol. The zero-order valence-corrected chi connectivity index (χ0v) is 10.8. The molecule has 2 heterocycles. The van der Waals surface area contributed by atoms with E-state index in [2.05, 4.69) is 5.32 Å². The highest BCUT2D eigenvalue weighted by Gasteiger charge is 2.26. The van der Waals surface area contributed by atoms with Gasteiger partial charge in [0.25, 0.3) is 0 Å². The topological polar surface area (TPSA) is 69.6 Å². The number of nitrogens with zero attached hydrogens (tertiary/aromatic N) is 1. The van der Waals surface area contributed by atoms with Gasteiger partial charge in [-0.15, -0.1) is 11.3 Å². The summed E-state index contributed by atoms with van der Waals surface area (Å²) in [5.41, 5.74) is 0. The Morgan fingerprint density at radius 1 is 1.33 bits per heavy atom. The van der Waals surface area contributed by atoms with E-state index in [1.165, 1.54) is 11.3 Å². The lowest BCUT2D eigenvalue weighted by Gasteiger charge is -2.28. The van der Waals surface area contributed by atoms with Crippen LogP contribution in [0.25, 0.3) is 0 Å². The molecule has 0 aliphatic carbocycles. The van der Waals surface area contributed by atoms with Crippen LogP contribution in [0.3, 0.4) is 0 Å². The Kier molecular flexibility index (Phi) is 4.19. The number of carbonyl (C=O) groups excluding carboxylic acids is 1. The number of carbonyl (C=O) groups is 2. The van der Waals surface area contributed by atoms with Crippen LogP contribution in [0.5, 0.6) is 0 Å². The van der Waals surface area contributed by atoms with Crippen molar-refractivity contribution in [1.29, 1.82) is 0 Å². The van der Waals surface area contributed by atoms with Crippen molar-refractivity contribution in [2.24, 2.45) is 0 Å². The van der Waals surface area contributed by atoms with Crippen LogP contribution in [0.2, 0.25) is 0 Å². The molecule has 0 spiro atoms. The van der Waals surface area contributed by atoms with E-state index in [-0.39, 0.29) is 6.03 Å². The summed E-state index contributed by atoms with van der Waals surface area (Å²) in [7, 11) is 0. The highest BCUT2D eigenvalue weighted by atomic mass is 32.1. The Balaban J connectivity index is 2.00. The molecule has 6 heteroatoms. The van der Waals surface area contributed by atoms with Crippen molar-refractivity contribution in [2.45, 2.75) is 25.3 Å². The van der Waals surface area contributed by atoms with Gasteiger partial charge >= 0.3 is 12.0 Å². The van der Waals surface area contributed by atoms with Crippen LogP contribution in [0, 0.1) is 0 Å². The van der Waals surface area contributed by atoms with Crippen LogP contribution >= 0.6 is 11.3 Å². The first-order chi connectivity index (χ1) is 8.68. The van der Waals surface area contributed by atoms with Gasteiger partial charge in [0.05, 0.1) is 0 Å². The van der Waals surface area contributed by atoms with Crippen molar-refractivity contribution < 1.29 is 14.7 Å². The van der Waals surface area contributed by atoms with Crippen molar-refractivity contribution in [2.75, 3.05) is 13.1 Å². The number of urea groups is 1. The Labute approximate surface area is 109 Å². The van der Waals surface area contributed by atoms with Crippen molar-refractivity contribution in [3.8, 4) is 0 Å². The molecule has 0 aromatic carbocycles. The summed E-state index contributed by atoms with van der Waals surface area (Å²) >= 11 is 1.33. The van der Waals surface area contributed by atoms with Gasteiger partial charge in [-0.05, 0) is 30.7 Å². The predicted octanol–water partition coefficient (Wildman–Crippen LogP) is 2.07. The summed E-state index contributed by atoms with van der Waals surface area (Å²) in [6.07, 6.45) is 3.12. The standard InChI is InChI=1S/C12H16N2O3S/c15-11(16)10(9-5-4-8-18-9)13-12(17)14-6-2-1-3-7-14/h4-5,8,10H,1-3,6-7H2,(H,13,17)(H,15,16). The third-order valence-electron chi connectivity index (χ3n) is 2.99. The second-order valence-corrected chi connectivity index (χ2v) is 5.26. The third-order valence-corrected chi connectivity index (χ3v) is 3.92. The molecule has 0 saturated carbocycles. The first kappa shape index (κ1) is 12.9. The van der Waals surface area contributed by atoms with Gasteiger partial charge in [-0.2, -0.15) is 0 Å². The SMILES string of the molecule is O=C(O)C(NC(=O)N1CCCCC1)c1cccs1. The Morgan fingerprint density at radius 3 is 2.61 bits per heavy atom. The van der Waals surface area contributed by atoms with Gasteiger partial charge in [-0.1, -0.05) is 6.07 Å². The Morgan fingerprint density at radius 2 is 2.06 bits per heavy atom. The number of hydrogen-bond acceptors (Lipinski definition) is 3. The number of piperidine rings is 1. The van der Waals surface area contributed by atoms with Crippen LogP contribution in [0.1, 0.15) is 30.2 Å². The fourth-order valence-corrected chi connectivity index (χ4v) is 2.79. The van der Waals surface area contributed by atoms with Crippen LogP contribution < -0.4 is 5.32 Å². The summed E-state index contributed by atoms with van der Waals surface area (Å²) in [6.45, 7) is 1.42. The van der Waals surface area contributed by atoms with Crippen LogP contribution in [-0.4, -0.2) is 35.1 Å². The van der Waals surface area contributed by atoms with Crippen LogP contribution in [-0.2, 0) is 4.79 Å². The molecule has 0 bridgehead atoms. The maximum Gasteiger partial charge on any atom is 0.331 e. The molecule has 2 N–H and O–H groups in total. The molecule has 1 fully saturated rings. The van der Waals surface area contributed by atoms with E-state index in [1.54, 1.807) is 22.4 Å². The van der Waals surface area contributed by atoms with Crippen molar-refractivity contribution in [3.05, 3.63) is 22.4 Å². The van der Waals surface area contributed by atoms with Gasteiger partial charge < -0.3 is 15.3 Å². The number of likely N-dealkylation sites (tertiary alicyclic amines) is 1. The Hall–Kier alpha value is -1.56. The van der Waals surface area contributed by atoms with Gasteiger partial charge in [0.2, 0.25) is 0 Å². The van der Waals surface area contributed by atoms with E-state index in [0.717, 1.165) is 19.3 Å². The number of amides is 2. The summed E-state index contributed by atoms with van der Waals surface area (Å²) in [5, 5.41) is 13.6. The lowest BCUT2D eigenvalue weighted by molar-refractivity contribution is -0.139. The van der Waals surface area contributed by atoms with Crippen molar-refractivity contribution >= 4 is 23.3 Å². The number of carboxylic acid groups (broad SMARTS) is 1. The number of thiophene rings is 1. The summed E-state index contributed by atoms with van der Waals surface area (Å²) in [5.74, 6) is -1.03. The first-order valence-corrected chi connectivity index (χ1v) is 6.88. The molecule has 1 aromatic heterocycles. The minimum atomic E-state index is -1.03. The van der Waals surface area contributed by atoms with E-state index in [4.69, 9.17) is 5.11 Å². The average molecular weight is 268 g/mol. The van der Waals surface area contributed by atoms with E-state index >= 15 is 0 Å². The number of hydrogen-bond donors (Lipinski definition) is 2. The lowest BCUT2D eigenvalue weighted by atomic mass is 10.1. The number of aliphatic carboxylic acids is 1. The summed E-state index contributed by atoms with van der Waals surface area (Å²) < 4.78 is 0. The maximum absolute atomic E-state index is 12.0. The molecule has 2 amide bonds. The normalized spacial score (nSPS) is 17.2. The first-order valence-electron chi connectivity index (χ1n) is 6.00. The predicted molar refractivity (Wildman–Crippen MR) is 68.7 cm³/mol. The fourth-order valence-electron chi connectivity index (χ4n) is 2.02. The summed E-state index contributed by atoms with van der Waals surface area (Å²) in [6, 6.07) is 2.28. The smallest absolute Gasteiger partial charge is 0.331 e. The third kappa shape index (κ3) is 3.01. The van der Waals surface area contributed by atoms with Crippen LogP contribution in [0.15, 0.2) is 17.5 Å². The second-order valence-electron chi connectivity index (χ2n) is 4.28. The van der Waals surface area contributed by atoms with E-state index < -0.39 is 12.0 Å². The second kappa shape index (κ2) is 5.86. The maximum atomic E-state index is 12.0. The molecule has 98 valence electrons. The zero-order valence-electron chi connectivity index (χ0n) is 9.96. The zero-order chi connectivity index (χ0) is 13.0. The van der Waals surface area contributed by atoms with E-state index in [0.29, 0.717) is 18.0 Å². The summed E-state index contributed by atoms with van der Waals surface area (Å²) in [4.78, 5) is 25.5. The van der Waals surface area contributed by atoms with Crippen molar-refractivity contribution in [1.82, 2.24) is 10.2 Å². The van der Waals surface area contributed by atoms with Gasteiger partial charge in [-0.25, -0.2) is 9.59 Å².